The van der Waals surface area contributed by atoms with Gasteiger partial charge in [0.2, 0.25) is 11.8 Å². The molecule has 0 aromatic heterocycles. The average Bonchev–Trinajstić information content (AvgIpc) is 2.85. The van der Waals surface area contributed by atoms with Gasteiger partial charge in [-0.3, -0.25) is 14.5 Å². The minimum atomic E-state index is -0.923. The molecule has 1 aromatic rings. The van der Waals surface area contributed by atoms with Crippen LogP contribution >= 0.6 is 0 Å². The van der Waals surface area contributed by atoms with Crippen LogP contribution in [0.1, 0.15) is 87.1 Å². The maximum Gasteiger partial charge on any atom is 0.335 e. The molecule has 2 aliphatic heterocycles. The number of hydrogen-bond acceptors (Lipinski definition) is 4. The van der Waals surface area contributed by atoms with Crippen LogP contribution in [0, 0.1) is 5.92 Å². The number of hydrogen-bond donors (Lipinski definition) is 2. The molecule has 2 heterocycles. The highest BCUT2D eigenvalue weighted by Gasteiger charge is 2.53. The fourth-order valence-corrected chi connectivity index (χ4v) is 6.02. The smallest absolute Gasteiger partial charge is 0.335 e. The maximum atomic E-state index is 13.6. The molecule has 3 fully saturated rings. The number of unbranched alkanes of at least 4 members (excludes halogenated alkanes) is 1. The van der Waals surface area contributed by atoms with Gasteiger partial charge in [-0.05, 0) is 49.3 Å². The number of carbonyl (C=O) groups excluding carboxylic acids is 2. The molecule has 4 rings (SSSR count). The Morgan fingerprint density at radius 1 is 1.09 bits per heavy atom. The topological polar surface area (TPSA) is 90.0 Å². The molecular weight excluding hydrogens is 430 g/mol. The van der Waals surface area contributed by atoms with Gasteiger partial charge >= 0.3 is 5.97 Å². The third-order valence-corrected chi connectivity index (χ3v) is 8.13. The highest BCUT2D eigenvalue weighted by molar-refractivity contribution is 6.00. The van der Waals surface area contributed by atoms with E-state index in [0.717, 1.165) is 37.9 Å². The van der Waals surface area contributed by atoms with Crippen LogP contribution < -0.4 is 5.32 Å². The van der Waals surface area contributed by atoms with Gasteiger partial charge in [0.05, 0.1) is 5.56 Å². The van der Waals surface area contributed by atoms with E-state index in [2.05, 4.69) is 17.1 Å². The first-order chi connectivity index (χ1) is 16.4. The molecule has 1 spiro atoms. The van der Waals surface area contributed by atoms with Crippen molar-refractivity contribution >= 4 is 17.8 Å². The molecule has 2 amide bonds. The summed E-state index contributed by atoms with van der Waals surface area (Å²) in [6.07, 6.45) is 10.0. The van der Waals surface area contributed by atoms with E-state index >= 15 is 0 Å². The predicted octanol–water partition coefficient (Wildman–Crippen LogP) is 3.82. The van der Waals surface area contributed by atoms with Crippen molar-refractivity contribution in [3.8, 4) is 0 Å². The van der Waals surface area contributed by atoms with Crippen molar-refractivity contribution < 1.29 is 19.5 Å². The number of piperidine rings is 1. The molecule has 34 heavy (non-hydrogen) atoms. The Morgan fingerprint density at radius 3 is 2.38 bits per heavy atom. The molecule has 1 aromatic carbocycles. The first-order valence-electron chi connectivity index (χ1n) is 13.1. The Morgan fingerprint density at radius 2 is 1.76 bits per heavy atom. The van der Waals surface area contributed by atoms with Crippen molar-refractivity contribution in [3.63, 3.8) is 0 Å². The predicted molar refractivity (Wildman–Crippen MR) is 130 cm³/mol. The number of carboxylic acids is 1. The maximum absolute atomic E-state index is 13.6. The zero-order chi connectivity index (χ0) is 24.1. The summed E-state index contributed by atoms with van der Waals surface area (Å²) in [6.45, 7) is 4.96. The molecule has 186 valence electrons. The van der Waals surface area contributed by atoms with E-state index in [1.807, 2.05) is 17.0 Å². The SMILES string of the molecule is CCCCN1C(=O)C(CC2CCCCC2)NC(=O)C12CCN(Cc1ccc(C(=O)O)cc1)CC2. The Balaban J connectivity index is 1.42. The van der Waals surface area contributed by atoms with Gasteiger partial charge in [0.25, 0.3) is 0 Å². The van der Waals surface area contributed by atoms with Gasteiger partial charge in [-0.15, -0.1) is 0 Å². The van der Waals surface area contributed by atoms with Crippen molar-refractivity contribution in [2.45, 2.75) is 89.3 Å². The van der Waals surface area contributed by atoms with Gasteiger partial charge in [-0.2, -0.15) is 0 Å². The number of rotatable bonds is 8. The molecule has 1 atom stereocenters. The van der Waals surface area contributed by atoms with E-state index in [4.69, 9.17) is 5.11 Å². The van der Waals surface area contributed by atoms with Crippen molar-refractivity contribution in [2.75, 3.05) is 19.6 Å². The van der Waals surface area contributed by atoms with E-state index in [1.165, 1.54) is 32.1 Å². The number of likely N-dealkylation sites (tertiary alicyclic amines) is 1. The van der Waals surface area contributed by atoms with Crippen LogP contribution in [-0.2, 0) is 16.1 Å². The van der Waals surface area contributed by atoms with Crippen LogP contribution in [0.4, 0.5) is 0 Å². The Kier molecular flexibility index (Phi) is 7.91. The summed E-state index contributed by atoms with van der Waals surface area (Å²) in [5.41, 5.74) is 0.604. The largest absolute Gasteiger partial charge is 0.478 e. The number of carboxylic acid groups (broad SMARTS) is 1. The van der Waals surface area contributed by atoms with Crippen molar-refractivity contribution in [3.05, 3.63) is 35.4 Å². The lowest BCUT2D eigenvalue weighted by Gasteiger charge is -2.52. The zero-order valence-electron chi connectivity index (χ0n) is 20.4. The number of piperazine rings is 1. The summed E-state index contributed by atoms with van der Waals surface area (Å²) in [6, 6.07) is 6.61. The molecule has 1 unspecified atom stereocenters. The van der Waals surface area contributed by atoms with Crippen LogP contribution in [0.25, 0.3) is 0 Å². The minimum Gasteiger partial charge on any atom is -0.478 e. The third-order valence-electron chi connectivity index (χ3n) is 8.13. The van der Waals surface area contributed by atoms with Gasteiger partial charge in [-0.1, -0.05) is 57.6 Å². The highest BCUT2D eigenvalue weighted by Crippen LogP contribution is 2.36. The molecule has 7 heteroatoms. The second-order valence-electron chi connectivity index (χ2n) is 10.4. The van der Waals surface area contributed by atoms with E-state index in [1.54, 1.807) is 12.1 Å². The molecule has 2 N–H and O–H groups in total. The molecular formula is C27H39N3O4. The fourth-order valence-electron chi connectivity index (χ4n) is 6.02. The number of carbonyl (C=O) groups is 3. The summed E-state index contributed by atoms with van der Waals surface area (Å²) in [5, 5.41) is 12.3. The van der Waals surface area contributed by atoms with E-state index in [0.29, 0.717) is 31.8 Å². The molecule has 1 saturated carbocycles. The minimum absolute atomic E-state index is 0.0365. The first kappa shape index (κ1) is 24.7. The lowest BCUT2D eigenvalue weighted by Crippen LogP contribution is -2.73. The number of nitrogens with zero attached hydrogens (tertiary/aromatic N) is 2. The second kappa shape index (κ2) is 10.9. The van der Waals surface area contributed by atoms with Crippen molar-refractivity contribution in [1.29, 1.82) is 0 Å². The molecule has 3 aliphatic rings. The number of benzene rings is 1. The number of aromatic carboxylic acids is 1. The summed E-state index contributed by atoms with van der Waals surface area (Å²) in [4.78, 5) is 42.5. The molecule has 0 radical (unpaired) electrons. The van der Waals surface area contributed by atoms with Gasteiger partial charge in [0.1, 0.15) is 11.6 Å². The third kappa shape index (κ3) is 5.29. The standard InChI is InChI=1S/C27H39N3O4/c1-2-3-15-30-24(31)23(18-20-7-5-4-6-8-20)28-26(34)27(30)13-16-29(17-14-27)19-21-9-11-22(12-10-21)25(32)33/h9-12,20,23H,2-8,13-19H2,1H3,(H,28,34)(H,32,33). The monoisotopic (exact) mass is 469 g/mol. The Hall–Kier alpha value is -2.41. The van der Waals surface area contributed by atoms with Gasteiger partial charge < -0.3 is 15.3 Å². The van der Waals surface area contributed by atoms with Crippen LogP contribution in [-0.4, -0.2) is 63.9 Å². The molecule has 7 nitrogen and oxygen atoms in total. The lowest BCUT2D eigenvalue weighted by molar-refractivity contribution is -0.162. The Labute approximate surface area is 202 Å². The van der Waals surface area contributed by atoms with Crippen LogP contribution in [0.3, 0.4) is 0 Å². The summed E-state index contributed by atoms with van der Waals surface area (Å²) >= 11 is 0. The van der Waals surface area contributed by atoms with Gasteiger partial charge in [0, 0.05) is 26.2 Å². The van der Waals surface area contributed by atoms with Crippen molar-refractivity contribution in [2.24, 2.45) is 5.92 Å². The van der Waals surface area contributed by atoms with E-state index in [-0.39, 0.29) is 23.4 Å². The van der Waals surface area contributed by atoms with Gasteiger partial charge in [0.15, 0.2) is 0 Å². The van der Waals surface area contributed by atoms with Crippen molar-refractivity contribution in [1.82, 2.24) is 15.1 Å². The normalized spacial score (nSPS) is 23.8. The fraction of sp³-hybridized carbons (Fsp3) is 0.667. The van der Waals surface area contributed by atoms with Gasteiger partial charge in [-0.25, -0.2) is 4.79 Å². The molecule has 2 saturated heterocycles. The zero-order valence-corrected chi connectivity index (χ0v) is 20.4. The second-order valence-corrected chi connectivity index (χ2v) is 10.4. The average molecular weight is 470 g/mol. The van der Waals surface area contributed by atoms with Crippen LogP contribution in [0.5, 0.6) is 0 Å². The first-order valence-corrected chi connectivity index (χ1v) is 13.1. The quantitative estimate of drug-likeness (QED) is 0.604. The van der Waals surface area contributed by atoms with Crippen LogP contribution in [0.2, 0.25) is 0 Å². The lowest BCUT2D eigenvalue weighted by atomic mass is 9.79. The highest BCUT2D eigenvalue weighted by atomic mass is 16.4. The summed E-state index contributed by atoms with van der Waals surface area (Å²) in [5.74, 6) is -0.223. The molecule has 0 bridgehead atoms. The van der Waals surface area contributed by atoms with E-state index < -0.39 is 11.5 Å². The van der Waals surface area contributed by atoms with Crippen LogP contribution in [0.15, 0.2) is 24.3 Å². The molecule has 1 aliphatic carbocycles. The van der Waals surface area contributed by atoms with E-state index in [9.17, 15) is 14.4 Å². The number of nitrogens with one attached hydrogen (secondary N) is 1. The summed E-state index contributed by atoms with van der Waals surface area (Å²) < 4.78 is 0. The Bertz CT molecular complexity index is 870. The number of amides is 2. The summed E-state index contributed by atoms with van der Waals surface area (Å²) in [7, 11) is 0.